The molecule has 0 saturated carbocycles. The third-order valence-electron chi connectivity index (χ3n) is 14.9. The fraction of sp³-hybridized carbons (Fsp3) is 0.397. The second kappa shape index (κ2) is 23.6. The maximum atomic E-state index is 14.2. The van der Waals surface area contributed by atoms with E-state index in [0.29, 0.717) is 66.9 Å². The van der Waals surface area contributed by atoms with E-state index in [1.54, 1.807) is 39.7 Å². The molecule has 6 heterocycles. The van der Waals surface area contributed by atoms with Crippen molar-refractivity contribution in [1.82, 2.24) is 40.4 Å². The molecular formula is C58H65ClN10O7S. The number of halogens is 1. The Hall–Kier alpha value is -7.12. The van der Waals surface area contributed by atoms with E-state index in [9.17, 15) is 29.1 Å². The molecule has 4 unspecified atom stereocenters. The van der Waals surface area contributed by atoms with Gasteiger partial charge in [-0.15, -0.1) is 11.3 Å². The number of aromatic nitrogens is 4. The molecule has 6 aromatic rings. The number of pyridine rings is 1. The summed E-state index contributed by atoms with van der Waals surface area (Å²) in [6.07, 6.45) is 5.83. The Balaban J connectivity index is 0.712. The molecule has 77 heavy (non-hydrogen) atoms. The number of hydrogen-bond donors (Lipinski definition) is 4. The van der Waals surface area contributed by atoms with Crippen LogP contribution in [0.4, 0.5) is 17.3 Å². The summed E-state index contributed by atoms with van der Waals surface area (Å²) in [5.74, 6) is -1.01. The van der Waals surface area contributed by atoms with Crippen molar-refractivity contribution in [1.29, 1.82) is 0 Å². The quantitative estimate of drug-likeness (QED) is 0.0633. The smallest absolute Gasteiger partial charge is 0.246 e. The maximum absolute atomic E-state index is 14.2. The first-order chi connectivity index (χ1) is 37.0. The number of aryl methyl sites for hydroxylation is 1. The minimum atomic E-state index is -0.989. The number of thiazole rings is 1. The largest absolute Gasteiger partial charge is 0.391 e. The average molecular weight is 1080 g/mol. The number of piperidine rings is 1. The maximum Gasteiger partial charge on any atom is 0.246 e. The topological polar surface area (TPSA) is 212 Å². The number of carbonyl (C=O) groups excluding carboxylic acids is 5. The van der Waals surface area contributed by atoms with Gasteiger partial charge in [-0.3, -0.25) is 29.0 Å². The van der Waals surface area contributed by atoms with Gasteiger partial charge in [0.1, 0.15) is 12.1 Å². The Bertz CT molecular complexity index is 3110. The van der Waals surface area contributed by atoms with Gasteiger partial charge in [-0.1, -0.05) is 105 Å². The van der Waals surface area contributed by atoms with Crippen molar-refractivity contribution in [3.8, 4) is 32.8 Å². The zero-order chi connectivity index (χ0) is 54.4. The van der Waals surface area contributed by atoms with E-state index in [0.717, 1.165) is 38.4 Å². The van der Waals surface area contributed by atoms with Gasteiger partial charge in [0.25, 0.3) is 0 Å². The van der Waals surface area contributed by atoms with Crippen molar-refractivity contribution < 1.29 is 33.8 Å². The molecular weight excluding hydrogens is 1020 g/mol. The molecule has 0 radical (unpaired) electrons. The molecule has 3 saturated heterocycles. The lowest BCUT2D eigenvalue weighted by Crippen LogP contribution is -2.58. The highest BCUT2D eigenvalue weighted by Gasteiger charge is 2.49. The molecule has 3 aliphatic rings. The Morgan fingerprint density at radius 1 is 0.857 bits per heavy atom. The number of aliphatic hydroxyl groups is 1. The molecule has 0 aliphatic carbocycles. The fourth-order valence-corrected chi connectivity index (χ4v) is 11.4. The van der Waals surface area contributed by atoms with Gasteiger partial charge < -0.3 is 40.5 Å². The summed E-state index contributed by atoms with van der Waals surface area (Å²) in [7, 11) is 0. The predicted octanol–water partition coefficient (Wildman–Crippen LogP) is 8.55. The molecule has 0 bridgehead atoms. The zero-order valence-corrected chi connectivity index (χ0v) is 45.6. The monoisotopic (exact) mass is 1080 g/mol. The molecule has 3 aliphatic heterocycles. The minimum Gasteiger partial charge on any atom is -0.391 e. The van der Waals surface area contributed by atoms with E-state index < -0.39 is 40.8 Å². The number of carbonyl (C=O) groups is 5. The lowest BCUT2D eigenvalue weighted by atomic mass is 9.77. The summed E-state index contributed by atoms with van der Waals surface area (Å²) in [4.78, 5) is 92.6. The van der Waals surface area contributed by atoms with E-state index >= 15 is 0 Å². The molecule has 4 atom stereocenters. The zero-order valence-electron chi connectivity index (χ0n) is 44.0. The van der Waals surface area contributed by atoms with E-state index in [-0.39, 0.29) is 62.8 Å². The van der Waals surface area contributed by atoms with Gasteiger partial charge in [0.2, 0.25) is 35.5 Å². The summed E-state index contributed by atoms with van der Waals surface area (Å²) in [5.41, 5.74) is 8.16. The summed E-state index contributed by atoms with van der Waals surface area (Å²) in [6, 6.07) is 25.6. The van der Waals surface area contributed by atoms with Crippen LogP contribution in [0.5, 0.6) is 0 Å². The molecule has 5 amide bonds. The highest BCUT2D eigenvalue weighted by atomic mass is 35.5. The van der Waals surface area contributed by atoms with E-state index in [1.165, 1.54) is 4.90 Å². The summed E-state index contributed by atoms with van der Waals surface area (Å²) < 4.78 is 5.75. The first-order valence-corrected chi connectivity index (χ1v) is 27.4. The SMILES string of the molecule is Cc1ncsc1-c1ccc(C(C)NC(=O)C2CC(O)CN2C(=O)C(NC(=O)CCOCCC(=O)N2CCC3(CC2)CCN(c2cncc(Nc4ncc(Cl)c(-c5cccc(-c6ccccc6)c5)n4)c2)C3=O)C(C)(C)C)cc1. The van der Waals surface area contributed by atoms with Crippen LogP contribution in [0.1, 0.15) is 83.5 Å². The second-order valence-electron chi connectivity index (χ2n) is 21.3. The predicted molar refractivity (Wildman–Crippen MR) is 297 cm³/mol. The number of amides is 5. The van der Waals surface area contributed by atoms with Crippen LogP contribution in [0.2, 0.25) is 5.02 Å². The molecule has 17 nitrogen and oxygen atoms in total. The van der Waals surface area contributed by atoms with Gasteiger partial charge >= 0.3 is 0 Å². The van der Waals surface area contributed by atoms with Crippen molar-refractivity contribution in [3.63, 3.8) is 0 Å². The molecule has 3 aromatic carbocycles. The summed E-state index contributed by atoms with van der Waals surface area (Å²) in [6.45, 7) is 10.8. The summed E-state index contributed by atoms with van der Waals surface area (Å²) in [5, 5.41) is 20.2. The third-order valence-corrected chi connectivity index (χ3v) is 16.1. The Kier molecular flexibility index (Phi) is 16.8. The van der Waals surface area contributed by atoms with Gasteiger partial charge in [-0.25, -0.2) is 15.0 Å². The number of likely N-dealkylation sites (tertiary alicyclic amines) is 2. The lowest BCUT2D eigenvalue weighted by Gasteiger charge is -2.38. The number of nitrogens with one attached hydrogen (secondary N) is 3. The van der Waals surface area contributed by atoms with Gasteiger partial charge in [0, 0.05) is 44.6 Å². The van der Waals surface area contributed by atoms with Crippen molar-refractivity contribution >= 4 is 69.8 Å². The number of anilines is 3. The second-order valence-corrected chi connectivity index (χ2v) is 22.5. The number of β-amino-alcohol motifs (C(OH)–C–C–N with tert-alkyl or cyclic N) is 1. The number of rotatable bonds is 17. The highest BCUT2D eigenvalue weighted by Crippen LogP contribution is 2.44. The molecule has 19 heteroatoms. The van der Waals surface area contributed by atoms with E-state index in [2.05, 4.69) is 30.9 Å². The van der Waals surface area contributed by atoms with Gasteiger partial charge in [0.15, 0.2) is 0 Å². The third kappa shape index (κ3) is 12.7. The van der Waals surface area contributed by atoms with Crippen LogP contribution in [0.25, 0.3) is 32.8 Å². The molecule has 9 rings (SSSR count). The molecule has 4 N–H and O–H groups in total. The van der Waals surface area contributed by atoms with Crippen LogP contribution in [-0.2, 0) is 28.7 Å². The Morgan fingerprint density at radius 3 is 2.30 bits per heavy atom. The van der Waals surface area contributed by atoms with Crippen molar-refractivity contribution in [2.24, 2.45) is 10.8 Å². The number of aliphatic hydroxyl groups excluding tert-OH is 1. The van der Waals surface area contributed by atoms with Crippen LogP contribution >= 0.6 is 22.9 Å². The van der Waals surface area contributed by atoms with E-state index in [4.69, 9.17) is 21.3 Å². The fourth-order valence-electron chi connectivity index (χ4n) is 10.4. The number of benzene rings is 3. The van der Waals surface area contributed by atoms with Crippen LogP contribution in [0, 0.1) is 17.8 Å². The number of nitrogens with zero attached hydrogens (tertiary/aromatic N) is 7. The first-order valence-electron chi connectivity index (χ1n) is 26.1. The van der Waals surface area contributed by atoms with Crippen molar-refractivity contribution in [2.45, 2.75) is 97.4 Å². The number of ether oxygens (including phenoxy) is 1. The van der Waals surface area contributed by atoms with Crippen molar-refractivity contribution in [3.05, 3.63) is 125 Å². The minimum absolute atomic E-state index is 0.0121. The van der Waals surface area contributed by atoms with Gasteiger partial charge in [-0.05, 0) is 72.9 Å². The first kappa shape index (κ1) is 54.7. The van der Waals surface area contributed by atoms with Crippen LogP contribution < -0.4 is 20.9 Å². The molecule has 1 spiro atoms. The van der Waals surface area contributed by atoms with Crippen LogP contribution in [0.15, 0.2) is 109 Å². The Labute approximate surface area is 457 Å². The van der Waals surface area contributed by atoms with Gasteiger partial charge in [0.05, 0.1) is 94.0 Å². The number of hydrogen-bond acceptors (Lipinski definition) is 13. The lowest BCUT2D eigenvalue weighted by molar-refractivity contribution is -0.144. The van der Waals surface area contributed by atoms with Crippen LogP contribution in [-0.4, -0.2) is 122 Å². The van der Waals surface area contributed by atoms with E-state index in [1.807, 2.05) is 125 Å². The highest BCUT2D eigenvalue weighted by molar-refractivity contribution is 7.13. The average Bonchev–Trinajstić information content (AvgIpc) is 4.16. The standard InChI is InChI=1S/C58H65ClN10O7S/c1-36(38-14-16-40(17-15-38)51-37(2)62-35-77-51)63-53(73)47-30-45(70)34-69(47)54(74)52(57(3,4)5)65-48(71)18-26-76-27-19-49(72)67-23-20-58(21-24-67)22-25-68(55(58)75)44-29-43(31-60-32-44)64-56-61-33-46(59)50(66-56)42-13-9-12-41(28-42)39-10-7-6-8-11-39/h6-17,28-29,31-33,35-36,45,47,52,70H,18-27,30,34H2,1-5H3,(H,63,73)(H,65,71)(H,61,64,66). The molecule has 3 fully saturated rings. The molecule has 3 aromatic heterocycles. The Morgan fingerprint density at radius 2 is 1.57 bits per heavy atom. The molecule has 402 valence electrons. The summed E-state index contributed by atoms with van der Waals surface area (Å²) >= 11 is 8.18. The van der Waals surface area contributed by atoms with Crippen LogP contribution in [0.3, 0.4) is 0 Å². The van der Waals surface area contributed by atoms with Crippen molar-refractivity contribution in [2.75, 3.05) is 49.6 Å². The van der Waals surface area contributed by atoms with Gasteiger partial charge in [-0.2, -0.15) is 0 Å². The normalized spacial score (nSPS) is 18.1.